The van der Waals surface area contributed by atoms with Crippen LogP contribution in [0.3, 0.4) is 0 Å². The molecule has 4 heterocycles. The van der Waals surface area contributed by atoms with E-state index >= 15 is 0 Å². The number of β-amino-alcohol motifs (C(OH)–C–C–N with tert-alkyl or cyclic N) is 1. The smallest absolute Gasteiger partial charge is 0.213 e. The van der Waals surface area contributed by atoms with Crippen LogP contribution in [-0.2, 0) is 0 Å². The molecule has 0 unspecified atom stereocenters. The summed E-state index contributed by atoms with van der Waals surface area (Å²) >= 11 is 1.38. The van der Waals surface area contributed by atoms with Crippen LogP contribution in [0.15, 0.2) is 42.6 Å². The summed E-state index contributed by atoms with van der Waals surface area (Å²) in [4.78, 5) is 18.8. The molecule has 188 valence electrons. The van der Waals surface area contributed by atoms with Crippen molar-refractivity contribution in [2.75, 3.05) is 44.4 Å². The fourth-order valence-corrected chi connectivity index (χ4v) is 4.66. The third-order valence-corrected chi connectivity index (χ3v) is 6.70. The third-order valence-electron chi connectivity index (χ3n) is 5.67. The number of nitrogens with one attached hydrogen (secondary N) is 2. The van der Waals surface area contributed by atoms with Gasteiger partial charge in [0.1, 0.15) is 28.5 Å². The molecule has 0 saturated carbocycles. The van der Waals surface area contributed by atoms with Crippen molar-refractivity contribution in [1.29, 1.82) is 0 Å². The van der Waals surface area contributed by atoms with Gasteiger partial charge in [0, 0.05) is 24.9 Å². The number of imidazole rings is 1. The first-order valence-corrected chi connectivity index (χ1v) is 12.4. The maximum absolute atomic E-state index is 10.3. The van der Waals surface area contributed by atoms with Crippen molar-refractivity contribution in [3.05, 3.63) is 42.6 Å². The first-order chi connectivity index (χ1) is 17.5. The van der Waals surface area contributed by atoms with E-state index in [4.69, 9.17) is 19.2 Å². The first kappa shape index (κ1) is 24.1. The van der Waals surface area contributed by atoms with E-state index in [0.29, 0.717) is 77.1 Å². The largest absolute Gasteiger partial charge is 0.494 e. The lowest BCUT2D eigenvalue weighted by Crippen LogP contribution is -2.61. The monoisotopic (exact) mass is 509 g/mol. The predicted molar refractivity (Wildman–Crippen MR) is 138 cm³/mol. The topological polar surface area (TPSA) is 128 Å². The van der Waals surface area contributed by atoms with Crippen molar-refractivity contribution in [2.45, 2.75) is 12.5 Å². The first-order valence-electron chi connectivity index (χ1n) is 11.4. The number of nitrogens with zero attached hydrogens (tertiary/aromatic N) is 5. The van der Waals surface area contributed by atoms with Crippen LogP contribution in [0.25, 0.3) is 28.5 Å². The summed E-state index contributed by atoms with van der Waals surface area (Å²) < 4.78 is 22.0. The van der Waals surface area contributed by atoms with Gasteiger partial charge in [0.05, 0.1) is 27.0 Å². The normalized spacial score (nSPS) is 14.3. The van der Waals surface area contributed by atoms with Crippen LogP contribution in [0, 0.1) is 0 Å². The number of anilines is 1. The Balaban J connectivity index is 1.62. The number of ether oxygens (including phenoxy) is 3. The number of rotatable bonds is 10. The molecule has 0 amide bonds. The van der Waals surface area contributed by atoms with Gasteiger partial charge in [0.15, 0.2) is 22.9 Å². The van der Waals surface area contributed by atoms with Gasteiger partial charge in [0.25, 0.3) is 0 Å². The van der Waals surface area contributed by atoms with Gasteiger partial charge in [-0.15, -0.1) is 0 Å². The van der Waals surface area contributed by atoms with Gasteiger partial charge in [-0.2, -0.15) is 0 Å². The van der Waals surface area contributed by atoms with E-state index < -0.39 is 5.60 Å². The summed E-state index contributed by atoms with van der Waals surface area (Å²) in [5, 5.41) is 13.4. The average Bonchev–Trinajstić information content (AvgIpc) is 3.26. The minimum Gasteiger partial charge on any atom is -0.494 e. The Labute approximate surface area is 212 Å². The minimum atomic E-state index is -0.707. The number of pyridine rings is 1. The molecule has 0 radical (unpaired) electrons. The SMILES string of the molecule is CCOc1cccc(-c2nc3nc(NSCC4(O)CNC4)cnc3n2-c2c(OC)cccc2OC)n1. The summed E-state index contributed by atoms with van der Waals surface area (Å²) in [6.07, 6.45) is 1.63. The van der Waals surface area contributed by atoms with E-state index in [2.05, 4.69) is 25.0 Å². The van der Waals surface area contributed by atoms with Crippen LogP contribution in [0.4, 0.5) is 5.82 Å². The van der Waals surface area contributed by atoms with Crippen LogP contribution in [0.2, 0.25) is 0 Å². The van der Waals surface area contributed by atoms with Crippen molar-refractivity contribution in [3.8, 4) is 34.6 Å². The van der Waals surface area contributed by atoms with Crippen LogP contribution in [-0.4, -0.2) is 74.9 Å². The molecule has 5 rings (SSSR count). The Morgan fingerprint density at radius 1 is 1.08 bits per heavy atom. The molecule has 3 aromatic heterocycles. The molecule has 11 nitrogen and oxygen atoms in total. The molecular weight excluding hydrogens is 482 g/mol. The molecular formula is C24H27N7O4S. The number of methoxy groups -OCH3 is 2. The van der Waals surface area contributed by atoms with Crippen molar-refractivity contribution < 1.29 is 19.3 Å². The Morgan fingerprint density at radius 2 is 1.83 bits per heavy atom. The second-order valence-electron chi connectivity index (χ2n) is 8.20. The highest BCUT2D eigenvalue weighted by Crippen LogP contribution is 2.38. The predicted octanol–water partition coefficient (Wildman–Crippen LogP) is 2.69. The van der Waals surface area contributed by atoms with Gasteiger partial charge in [-0.05, 0) is 37.1 Å². The van der Waals surface area contributed by atoms with E-state index in [1.165, 1.54) is 11.9 Å². The van der Waals surface area contributed by atoms with E-state index in [9.17, 15) is 5.11 Å². The lowest BCUT2D eigenvalue weighted by atomic mass is 10.0. The highest BCUT2D eigenvalue weighted by atomic mass is 32.2. The van der Waals surface area contributed by atoms with Crippen LogP contribution >= 0.6 is 11.9 Å². The van der Waals surface area contributed by atoms with Gasteiger partial charge < -0.3 is 29.4 Å². The molecule has 0 spiro atoms. The summed E-state index contributed by atoms with van der Waals surface area (Å²) in [5.74, 6) is 3.21. The molecule has 0 aliphatic carbocycles. The Kier molecular flexibility index (Phi) is 6.81. The third kappa shape index (κ3) is 4.62. The Bertz CT molecular complexity index is 1350. The fourth-order valence-electron chi connectivity index (χ4n) is 3.87. The number of benzene rings is 1. The number of para-hydroxylation sites is 1. The molecule has 1 fully saturated rings. The summed E-state index contributed by atoms with van der Waals surface area (Å²) in [6.45, 7) is 3.56. The Morgan fingerprint density at radius 3 is 2.50 bits per heavy atom. The lowest BCUT2D eigenvalue weighted by molar-refractivity contribution is 0.0136. The van der Waals surface area contributed by atoms with Crippen LogP contribution in [0.5, 0.6) is 17.4 Å². The quantitative estimate of drug-likeness (QED) is 0.273. The molecule has 1 aliphatic heterocycles. The Hall–Kier alpha value is -3.61. The van der Waals surface area contributed by atoms with Gasteiger partial charge in [0.2, 0.25) is 5.88 Å². The number of fused-ring (bicyclic) bond motifs is 1. The summed E-state index contributed by atoms with van der Waals surface area (Å²) in [5.41, 5.74) is 1.43. The molecule has 0 bridgehead atoms. The van der Waals surface area contributed by atoms with Crippen LogP contribution in [0.1, 0.15) is 6.92 Å². The van der Waals surface area contributed by atoms with Gasteiger partial charge in [-0.25, -0.2) is 19.9 Å². The van der Waals surface area contributed by atoms with Gasteiger partial charge in [-0.1, -0.05) is 12.1 Å². The molecule has 1 aromatic carbocycles. The second-order valence-corrected chi connectivity index (χ2v) is 8.98. The molecule has 0 atom stereocenters. The average molecular weight is 510 g/mol. The minimum absolute atomic E-state index is 0.413. The van der Waals surface area contributed by atoms with Crippen LogP contribution < -0.4 is 24.2 Å². The molecule has 1 saturated heterocycles. The second kappa shape index (κ2) is 10.2. The zero-order valence-corrected chi connectivity index (χ0v) is 21.0. The van der Waals surface area contributed by atoms with Crippen molar-refractivity contribution in [1.82, 2.24) is 29.8 Å². The standard InChI is InChI=1S/C24H27N7O4S/c1-4-35-19-10-5-7-15(27-19)22-29-21-23(31(22)20-16(33-2)8-6-9-17(20)34-3)26-11-18(28-21)30-36-14-24(32)12-25-13-24/h5-11,25,32H,4,12-14H2,1-3H3,(H,28,30). The van der Waals surface area contributed by atoms with E-state index in [-0.39, 0.29) is 0 Å². The van der Waals surface area contributed by atoms with E-state index in [1.807, 2.05) is 41.8 Å². The number of aromatic nitrogens is 5. The zero-order chi connectivity index (χ0) is 25.1. The molecule has 3 N–H and O–H groups in total. The summed E-state index contributed by atoms with van der Waals surface area (Å²) in [6, 6.07) is 11.1. The highest BCUT2D eigenvalue weighted by molar-refractivity contribution is 8.00. The molecule has 12 heteroatoms. The molecule has 4 aromatic rings. The van der Waals surface area contributed by atoms with Crippen molar-refractivity contribution in [2.24, 2.45) is 0 Å². The maximum Gasteiger partial charge on any atom is 0.213 e. The number of hydrogen-bond donors (Lipinski definition) is 3. The highest BCUT2D eigenvalue weighted by Gasteiger charge is 2.34. The van der Waals surface area contributed by atoms with E-state index in [1.54, 1.807) is 26.5 Å². The summed E-state index contributed by atoms with van der Waals surface area (Å²) in [7, 11) is 3.20. The zero-order valence-electron chi connectivity index (χ0n) is 20.2. The molecule has 36 heavy (non-hydrogen) atoms. The van der Waals surface area contributed by atoms with Crippen molar-refractivity contribution >= 4 is 29.1 Å². The van der Waals surface area contributed by atoms with E-state index in [0.717, 1.165) is 0 Å². The fraction of sp³-hybridized carbons (Fsp3) is 0.333. The number of aliphatic hydroxyl groups is 1. The number of hydrogen-bond acceptors (Lipinski definition) is 11. The van der Waals surface area contributed by atoms with Gasteiger partial charge in [-0.3, -0.25) is 4.57 Å². The van der Waals surface area contributed by atoms with Crippen molar-refractivity contribution in [3.63, 3.8) is 0 Å². The molecule has 1 aliphatic rings. The lowest BCUT2D eigenvalue weighted by Gasteiger charge is -2.37. The van der Waals surface area contributed by atoms with Gasteiger partial charge >= 0.3 is 0 Å². The maximum atomic E-state index is 10.3.